The van der Waals surface area contributed by atoms with E-state index in [-0.39, 0.29) is 16.7 Å². The van der Waals surface area contributed by atoms with Gasteiger partial charge in [0.25, 0.3) is 5.91 Å². The van der Waals surface area contributed by atoms with Crippen molar-refractivity contribution in [2.24, 2.45) is 22.6 Å². The molecule has 3 nitrogen and oxygen atoms in total. The van der Waals surface area contributed by atoms with Crippen molar-refractivity contribution in [1.82, 2.24) is 5.43 Å². The predicted molar refractivity (Wildman–Crippen MR) is 55.0 cm³/mol. The maximum Gasteiger partial charge on any atom is 0.261 e. The highest BCUT2D eigenvalue weighted by atomic mass is 16.2. The third kappa shape index (κ3) is 0.934. The third-order valence-corrected chi connectivity index (χ3v) is 4.54. The number of hydrogen-bond donors (Lipinski definition) is 2. The van der Waals surface area contributed by atoms with Gasteiger partial charge in [-0.15, -0.1) is 0 Å². The summed E-state index contributed by atoms with van der Waals surface area (Å²) < 4.78 is 0. The normalized spacial score (nSPS) is 38.3. The Labute approximate surface area is 84.7 Å². The molecule has 3 heteroatoms. The van der Waals surface area contributed by atoms with E-state index < -0.39 is 0 Å². The minimum absolute atomic E-state index is 0.105. The molecule has 2 aliphatic carbocycles. The molecule has 0 aliphatic heterocycles. The molecule has 2 aliphatic rings. The van der Waals surface area contributed by atoms with Gasteiger partial charge in [0.2, 0.25) is 0 Å². The Bertz CT molecular complexity index is 319. The molecule has 14 heavy (non-hydrogen) atoms. The van der Waals surface area contributed by atoms with Gasteiger partial charge < -0.3 is 0 Å². The average Bonchev–Trinajstić information content (AvgIpc) is 2.47. The van der Waals surface area contributed by atoms with E-state index >= 15 is 0 Å². The predicted octanol–water partition coefficient (Wildman–Crippen LogP) is 1.36. The maximum absolute atomic E-state index is 11.5. The highest BCUT2D eigenvalue weighted by Gasteiger charge is 2.57. The van der Waals surface area contributed by atoms with E-state index in [1.54, 1.807) is 0 Å². The van der Waals surface area contributed by atoms with Crippen molar-refractivity contribution in [2.45, 2.75) is 33.6 Å². The summed E-state index contributed by atoms with van der Waals surface area (Å²) >= 11 is 0. The van der Waals surface area contributed by atoms with Crippen molar-refractivity contribution in [3.63, 3.8) is 0 Å². The van der Waals surface area contributed by atoms with Crippen LogP contribution < -0.4 is 11.3 Å². The summed E-state index contributed by atoms with van der Waals surface area (Å²) in [6.07, 6.45) is 4.43. The molecule has 2 atom stereocenters. The van der Waals surface area contributed by atoms with Crippen LogP contribution in [0, 0.1) is 16.7 Å². The Balaban J connectivity index is 2.39. The van der Waals surface area contributed by atoms with Gasteiger partial charge in [0, 0.05) is 5.57 Å². The number of amides is 1. The molecule has 0 heterocycles. The first-order valence-electron chi connectivity index (χ1n) is 5.16. The smallest absolute Gasteiger partial charge is 0.261 e. The number of fused-ring (bicyclic) bond motifs is 2. The number of nitrogens with one attached hydrogen (secondary N) is 1. The van der Waals surface area contributed by atoms with E-state index in [9.17, 15) is 4.79 Å². The van der Waals surface area contributed by atoms with Crippen LogP contribution in [-0.4, -0.2) is 5.91 Å². The van der Waals surface area contributed by atoms with E-state index in [1.807, 2.05) is 0 Å². The van der Waals surface area contributed by atoms with Crippen LogP contribution in [0.4, 0.5) is 0 Å². The number of carbonyl (C=O) groups is 1. The highest BCUT2D eigenvalue weighted by Crippen LogP contribution is 2.64. The molecule has 1 amide bonds. The SMILES string of the molecule is CC1(C)[C@@H]2CC[C@@]1(C)C=C2C(=O)NN. The number of allylic oxidation sites excluding steroid dienone is 1. The summed E-state index contributed by atoms with van der Waals surface area (Å²) in [7, 11) is 0. The van der Waals surface area contributed by atoms with Crippen LogP contribution in [0.1, 0.15) is 33.6 Å². The maximum atomic E-state index is 11.5. The fourth-order valence-corrected chi connectivity index (χ4v) is 3.08. The molecule has 0 radical (unpaired) electrons. The molecule has 2 bridgehead atoms. The molecule has 0 aromatic heterocycles. The molecule has 0 unspecified atom stereocenters. The Morgan fingerprint density at radius 2 is 2.21 bits per heavy atom. The zero-order valence-electron chi connectivity index (χ0n) is 9.05. The van der Waals surface area contributed by atoms with E-state index in [0.29, 0.717) is 5.92 Å². The van der Waals surface area contributed by atoms with Crippen LogP contribution in [0.2, 0.25) is 0 Å². The van der Waals surface area contributed by atoms with Crippen LogP contribution >= 0.6 is 0 Å². The summed E-state index contributed by atoms with van der Waals surface area (Å²) in [6.45, 7) is 6.74. The fraction of sp³-hybridized carbons (Fsp3) is 0.727. The minimum Gasteiger partial charge on any atom is -0.290 e. The molecule has 0 saturated heterocycles. The molecule has 1 fully saturated rings. The first-order chi connectivity index (χ1) is 6.42. The van der Waals surface area contributed by atoms with Gasteiger partial charge in [-0.1, -0.05) is 26.8 Å². The topological polar surface area (TPSA) is 55.1 Å². The van der Waals surface area contributed by atoms with E-state index in [2.05, 4.69) is 32.3 Å². The van der Waals surface area contributed by atoms with Crippen LogP contribution in [-0.2, 0) is 4.79 Å². The first-order valence-corrected chi connectivity index (χ1v) is 5.16. The van der Waals surface area contributed by atoms with E-state index in [4.69, 9.17) is 5.84 Å². The standard InChI is InChI=1S/C11H18N2O/c1-10(2)8-4-5-11(10,3)6-7(8)9(14)13-12/h6,8H,4-5,12H2,1-3H3,(H,13,14)/t8-,11+/m1/s1. The van der Waals surface area contributed by atoms with Gasteiger partial charge >= 0.3 is 0 Å². The largest absolute Gasteiger partial charge is 0.290 e. The zero-order chi connectivity index (χ0) is 10.6. The lowest BCUT2D eigenvalue weighted by molar-refractivity contribution is -0.118. The molecule has 0 spiro atoms. The quantitative estimate of drug-likeness (QED) is 0.376. The van der Waals surface area contributed by atoms with Crippen molar-refractivity contribution in [2.75, 3.05) is 0 Å². The molecule has 0 aromatic carbocycles. The van der Waals surface area contributed by atoms with Gasteiger partial charge in [-0.25, -0.2) is 5.84 Å². The number of hydrogen-bond acceptors (Lipinski definition) is 2. The second-order valence-electron chi connectivity index (χ2n) is 5.30. The summed E-state index contributed by atoms with van der Waals surface area (Å²) in [5, 5.41) is 0. The van der Waals surface area contributed by atoms with Gasteiger partial charge in [-0.05, 0) is 29.6 Å². The van der Waals surface area contributed by atoms with Crippen LogP contribution in [0.25, 0.3) is 0 Å². The summed E-state index contributed by atoms with van der Waals surface area (Å²) in [5.41, 5.74) is 3.52. The molecule has 78 valence electrons. The van der Waals surface area contributed by atoms with Crippen molar-refractivity contribution in [3.05, 3.63) is 11.6 Å². The second kappa shape index (κ2) is 2.60. The number of nitrogens with two attached hydrogens (primary N) is 1. The highest BCUT2D eigenvalue weighted by molar-refractivity contribution is 5.94. The van der Waals surface area contributed by atoms with Crippen LogP contribution in [0.5, 0.6) is 0 Å². The monoisotopic (exact) mass is 194 g/mol. The summed E-state index contributed by atoms with van der Waals surface area (Å²) in [6, 6.07) is 0. The first kappa shape index (κ1) is 9.71. The molecule has 1 saturated carbocycles. The van der Waals surface area contributed by atoms with E-state index in [1.165, 1.54) is 6.42 Å². The fourth-order valence-electron chi connectivity index (χ4n) is 3.08. The van der Waals surface area contributed by atoms with Crippen molar-refractivity contribution in [3.8, 4) is 0 Å². The molecule has 3 N–H and O–H groups in total. The van der Waals surface area contributed by atoms with Crippen LogP contribution in [0.3, 0.4) is 0 Å². The lowest BCUT2D eigenvalue weighted by atomic mass is 9.70. The van der Waals surface area contributed by atoms with Crippen molar-refractivity contribution >= 4 is 5.91 Å². The molecule has 0 aromatic rings. The van der Waals surface area contributed by atoms with Gasteiger partial charge in [0.05, 0.1) is 0 Å². The van der Waals surface area contributed by atoms with Crippen LogP contribution in [0.15, 0.2) is 11.6 Å². The number of hydrazine groups is 1. The van der Waals surface area contributed by atoms with Crippen molar-refractivity contribution < 1.29 is 4.79 Å². The van der Waals surface area contributed by atoms with Gasteiger partial charge in [0.1, 0.15) is 0 Å². The Morgan fingerprint density at radius 3 is 2.57 bits per heavy atom. The third-order valence-electron chi connectivity index (χ3n) is 4.54. The van der Waals surface area contributed by atoms with Gasteiger partial charge in [-0.2, -0.15) is 0 Å². The molecular formula is C11H18N2O. The lowest BCUT2D eigenvalue weighted by Gasteiger charge is -2.33. The summed E-state index contributed by atoms with van der Waals surface area (Å²) in [4.78, 5) is 11.5. The average molecular weight is 194 g/mol. The Morgan fingerprint density at radius 1 is 1.57 bits per heavy atom. The summed E-state index contributed by atoms with van der Waals surface area (Å²) in [5.74, 6) is 5.46. The Hall–Kier alpha value is -0.830. The zero-order valence-corrected chi connectivity index (χ0v) is 9.05. The van der Waals surface area contributed by atoms with Gasteiger partial charge in [0.15, 0.2) is 0 Å². The lowest BCUT2D eigenvalue weighted by Crippen LogP contribution is -2.34. The Kier molecular flexibility index (Phi) is 1.80. The van der Waals surface area contributed by atoms with Gasteiger partial charge in [-0.3, -0.25) is 10.2 Å². The minimum atomic E-state index is -0.105. The van der Waals surface area contributed by atoms with Crippen molar-refractivity contribution in [1.29, 1.82) is 0 Å². The number of rotatable bonds is 1. The van der Waals surface area contributed by atoms with E-state index in [0.717, 1.165) is 12.0 Å². The second-order valence-corrected chi connectivity index (χ2v) is 5.30. The number of carbonyl (C=O) groups excluding carboxylic acids is 1. The molecular weight excluding hydrogens is 176 g/mol. The molecule has 2 rings (SSSR count).